The van der Waals surface area contributed by atoms with Gasteiger partial charge < -0.3 is 13.8 Å². The highest BCUT2D eigenvalue weighted by atomic mass is 32.2. The van der Waals surface area contributed by atoms with Crippen LogP contribution in [0.5, 0.6) is 0 Å². The zero-order valence-corrected chi connectivity index (χ0v) is 17.0. The number of aryl methyl sites for hydroxylation is 1. The Morgan fingerprint density at radius 3 is 2.68 bits per heavy atom. The van der Waals surface area contributed by atoms with Crippen molar-refractivity contribution in [3.63, 3.8) is 0 Å². The minimum atomic E-state index is -3.41. The molecule has 0 fully saturated rings. The maximum Gasteiger partial charge on any atom is 0.326 e. The number of hydrogen-bond acceptors (Lipinski definition) is 8. The number of amides is 1. The van der Waals surface area contributed by atoms with Gasteiger partial charge in [-0.2, -0.15) is 4.99 Å². The summed E-state index contributed by atoms with van der Waals surface area (Å²) in [5, 5.41) is 3.64. The summed E-state index contributed by atoms with van der Waals surface area (Å²) in [6.07, 6.45) is 1.11. The number of fused-ring (bicyclic) bond motifs is 1. The highest BCUT2D eigenvalue weighted by Gasteiger charge is 2.16. The molecule has 0 unspecified atom stereocenters. The first-order valence-electron chi connectivity index (χ1n) is 8.20. The number of aromatic nitrogens is 2. The van der Waals surface area contributed by atoms with Crippen molar-refractivity contribution < 1.29 is 27.3 Å². The Labute approximate surface area is 164 Å². The molecule has 0 bridgehead atoms. The summed E-state index contributed by atoms with van der Waals surface area (Å²) in [5.74, 6) is -0.669. The van der Waals surface area contributed by atoms with E-state index in [1.165, 1.54) is 22.8 Å². The second kappa shape index (κ2) is 7.68. The van der Waals surface area contributed by atoms with E-state index >= 15 is 0 Å². The molecule has 11 heteroatoms. The molecular weight excluding hydrogens is 406 g/mol. The maximum atomic E-state index is 12.4. The number of nitrogens with zero attached hydrogens (tertiary/aromatic N) is 3. The molecule has 28 heavy (non-hydrogen) atoms. The highest BCUT2D eigenvalue weighted by Crippen LogP contribution is 2.22. The monoisotopic (exact) mass is 423 g/mol. The number of rotatable bonds is 5. The molecular formula is C17H17N3O6S2. The predicted octanol–water partition coefficient (Wildman–Crippen LogP) is 1.71. The third-order valence-electron chi connectivity index (χ3n) is 3.72. The topological polar surface area (TPSA) is 121 Å². The number of sulfone groups is 1. The van der Waals surface area contributed by atoms with Crippen molar-refractivity contribution in [3.05, 3.63) is 40.5 Å². The lowest BCUT2D eigenvalue weighted by atomic mass is 10.3. The smallest absolute Gasteiger partial charge is 0.326 e. The summed E-state index contributed by atoms with van der Waals surface area (Å²) in [7, 11) is -3.41. The second-order valence-electron chi connectivity index (χ2n) is 5.92. The molecule has 0 atom stereocenters. The minimum absolute atomic E-state index is 0.0365. The van der Waals surface area contributed by atoms with Gasteiger partial charge in [-0.05, 0) is 32.0 Å². The van der Waals surface area contributed by atoms with Crippen molar-refractivity contribution in [1.29, 1.82) is 0 Å². The van der Waals surface area contributed by atoms with Gasteiger partial charge in [-0.25, -0.2) is 8.42 Å². The number of ether oxygens (including phenoxy) is 1. The molecule has 1 aromatic carbocycles. The molecule has 148 valence electrons. The number of thiazole rings is 1. The molecule has 3 rings (SSSR count). The molecule has 1 amide bonds. The zero-order chi connectivity index (χ0) is 20.5. The van der Waals surface area contributed by atoms with Crippen LogP contribution in [0.4, 0.5) is 0 Å². The average molecular weight is 423 g/mol. The normalized spacial score (nSPS) is 12.5. The average Bonchev–Trinajstić information content (AvgIpc) is 3.18. The van der Waals surface area contributed by atoms with Crippen LogP contribution in [-0.2, 0) is 25.9 Å². The van der Waals surface area contributed by atoms with Crippen LogP contribution in [0.1, 0.15) is 23.2 Å². The van der Waals surface area contributed by atoms with Gasteiger partial charge in [0.1, 0.15) is 12.3 Å². The number of hydrogen-bond donors (Lipinski definition) is 0. The highest BCUT2D eigenvalue weighted by molar-refractivity contribution is 7.90. The first-order valence-corrected chi connectivity index (χ1v) is 10.9. The SMILES string of the molecule is CCOC(=O)Cn1c(=NC(=O)c2cc(C)on2)sc2cc(S(C)(=O)=O)ccc21. The van der Waals surface area contributed by atoms with E-state index in [0.29, 0.717) is 16.0 Å². The molecule has 2 heterocycles. The summed E-state index contributed by atoms with van der Waals surface area (Å²) in [5.41, 5.74) is 0.600. The van der Waals surface area contributed by atoms with Gasteiger partial charge >= 0.3 is 11.9 Å². The zero-order valence-electron chi connectivity index (χ0n) is 15.3. The van der Waals surface area contributed by atoms with Gasteiger partial charge in [0.25, 0.3) is 0 Å². The van der Waals surface area contributed by atoms with Gasteiger partial charge in [0.2, 0.25) is 0 Å². The molecule has 2 aromatic heterocycles. The second-order valence-corrected chi connectivity index (χ2v) is 8.94. The Hall–Kier alpha value is -2.79. The van der Waals surface area contributed by atoms with E-state index in [9.17, 15) is 18.0 Å². The van der Waals surface area contributed by atoms with E-state index in [1.54, 1.807) is 19.9 Å². The number of esters is 1. The fourth-order valence-corrected chi connectivity index (χ4v) is 4.26. The predicted molar refractivity (Wildman–Crippen MR) is 101 cm³/mol. The summed E-state index contributed by atoms with van der Waals surface area (Å²) in [4.78, 5) is 28.8. The first kappa shape index (κ1) is 20.0. The van der Waals surface area contributed by atoms with Crippen molar-refractivity contribution in [3.8, 4) is 0 Å². The Morgan fingerprint density at radius 2 is 2.07 bits per heavy atom. The molecule has 0 N–H and O–H groups in total. The van der Waals surface area contributed by atoms with E-state index in [2.05, 4.69) is 10.1 Å². The summed E-state index contributed by atoms with van der Waals surface area (Å²) < 4.78 is 35.6. The standard InChI is InChI=1S/C17H17N3O6S2/c1-4-25-15(21)9-20-13-6-5-11(28(3,23)24)8-14(13)27-17(20)18-16(22)12-7-10(2)26-19-12/h5-8H,4,9H2,1-3H3. The fraction of sp³-hybridized carbons (Fsp3) is 0.294. The minimum Gasteiger partial charge on any atom is -0.465 e. The van der Waals surface area contributed by atoms with Crippen molar-refractivity contribution in [1.82, 2.24) is 9.72 Å². The van der Waals surface area contributed by atoms with Crippen LogP contribution < -0.4 is 4.80 Å². The summed E-state index contributed by atoms with van der Waals surface area (Å²) in [6, 6.07) is 5.96. The third kappa shape index (κ3) is 4.20. The molecule has 0 radical (unpaired) electrons. The van der Waals surface area contributed by atoms with Crippen LogP contribution in [0.25, 0.3) is 10.2 Å². The van der Waals surface area contributed by atoms with Gasteiger partial charge in [0.15, 0.2) is 20.3 Å². The third-order valence-corrected chi connectivity index (χ3v) is 5.87. The molecule has 0 saturated heterocycles. The molecule has 3 aromatic rings. The Morgan fingerprint density at radius 1 is 1.32 bits per heavy atom. The van der Waals surface area contributed by atoms with Gasteiger partial charge in [-0.1, -0.05) is 16.5 Å². The van der Waals surface area contributed by atoms with Gasteiger partial charge in [-0.3, -0.25) is 9.59 Å². The summed E-state index contributed by atoms with van der Waals surface area (Å²) in [6.45, 7) is 3.38. The van der Waals surface area contributed by atoms with Crippen molar-refractivity contribution in [2.45, 2.75) is 25.3 Å². The van der Waals surface area contributed by atoms with E-state index in [-0.39, 0.29) is 28.5 Å². The van der Waals surface area contributed by atoms with Gasteiger partial charge in [-0.15, -0.1) is 0 Å². The summed E-state index contributed by atoms with van der Waals surface area (Å²) >= 11 is 1.09. The molecule has 9 nitrogen and oxygen atoms in total. The Balaban J connectivity index is 2.16. The van der Waals surface area contributed by atoms with E-state index in [0.717, 1.165) is 17.6 Å². The first-order chi connectivity index (χ1) is 13.2. The van der Waals surface area contributed by atoms with Gasteiger partial charge in [0.05, 0.1) is 21.7 Å². The van der Waals surface area contributed by atoms with Crippen LogP contribution in [0.3, 0.4) is 0 Å². The van der Waals surface area contributed by atoms with Gasteiger partial charge in [0, 0.05) is 12.3 Å². The molecule has 0 spiro atoms. The van der Waals surface area contributed by atoms with Crippen molar-refractivity contribution >= 4 is 43.3 Å². The van der Waals surface area contributed by atoms with E-state index in [1.807, 2.05) is 0 Å². The van der Waals surface area contributed by atoms with E-state index < -0.39 is 21.7 Å². The van der Waals surface area contributed by atoms with Crippen LogP contribution >= 0.6 is 11.3 Å². The fourth-order valence-electron chi connectivity index (χ4n) is 2.47. The van der Waals surface area contributed by atoms with Crippen LogP contribution in [-0.4, -0.2) is 42.9 Å². The maximum absolute atomic E-state index is 12.4. The van der Waals surface area contributed by atoms with Crippen molar-refractivity contribution in [2.24, 2.45) is 4.99 Å². The van der Waals surface area contributed by atoms with Crippen LogP contribution in [0, 0.1) is 6.92 Å². The number of carbonyl (C=O) groups is 2. The lowest BCUT2D eigenvalue weighted by Gasteiger charge is -2.05. The van der Waals surface area contributed by atoms with Crippen LogP contribution in [0.15, 0.2) is 38.7 Å². The lowest BCUT2D eigenvalue weighted by molar-refractivity contribution is -0.143. The largest absolute Gasteiger partial charge is 0.465 e. The van der Waals surface area contributed by atoms with E-state index in [4.69, 9.17) is 9.26 Å². The van der Waals surface area contributed by atoms with Crippen molar-refractivity contribution in [2.75, 3.05) is 12.9 Å². The molecule has 0 saturated carbocycles. The lowest BCUT2D eigenvalue weighted by Crippen LogP contribution is -2.23. The number of benzene rings is 1. The molecule has 0 aliphatic rings. The molecule has 0 aliphatic heterocycles. The molecule has 0 aliphatic carbocycles. The quantitative estimate of drug-likeness (QED) is 0.573. The Bertz CT molecular complexity index is 1230. The van der Waals surface area contributed by atoms with Crippen LogP contribution in [0.2, 0.25) is 0 Å². The number of carbonyl (C=O) groups excluding carboxylic acids is 2. The Kier molecular flexibility index (Phi) is 5.47.